The van der Waals surface area contributed by atoms with Gasteiger partial charge in [0.05, 0.1) is 6.04 Å². The van der Waals surface area contributed by atoms with Crippen molar-refractivity contribution in [2.24, 2.45) is 0 Å². The van der Waals surface area contributed by atoms with Gasteiger partial charge in [0.2, 0.25) is 0 Å². The van der Waals surface area contributed by atoms with Gasteiger partial charge in [0.15, 0.2) is 6.61 Å². The summed E-state index contributed by atoms with van der Waals surface area (Å²) in [6.07, 6.45) is 2.81. The smallest absolute Gasteiger partial charge is 0.330 e. The molecule has 110 valence electrons. The van der Waals surface area contributed by atoms with Gasteiger partial charge in [-0.25, -0.2) is 4.79 Å². The third kappa shape index (κ3) is 3.95. The number of fused-ring (bicyclic) bond motifs is 1. The molecule has 0 aliphatic carbocycles. The maximum absolute atomic E-state index is 11.7. The van der Waals surface area contributed by atoms with Crippen LogP contribution in [0.3, 0.4) is 0 Å². The van der Waals surface area contributed by atoms with Crippen LogP contribution in [-0.4, -0.2) is 18.5 Å². The number of carbonyl (C=O) groups excluding carboxylic acids is 2. The zero-order chi connectivity index (χ0) is 15.2. The molecule has 1 aromatic heterocycles. The van der Waals surface area contributed by atoms with Gasteiger partial charge in [-0.15, -0.1) is 0 Å². The van der Waals surface area contributed by atoms with Crippen LogP contribution in [0, 0.1) is 0 Å². The summed E-state index contributed by atoms with van der Waals surface area (Å²) < 4.78 is 10.4. The number of hydrogen-bond donors (Lipinski definition) is 1. The number of para-hydroxylation sites is 1. The van der Waals surface area contributed by atoms with Gasteiger partial charge in [0.25, 0.3) is 5.91 Å². The highest BCUT2D eigenvalue weighted by molar-refractivity contribution is 5.85. The lowest BCUT2D eigenvalue weighted by Crippen LogP contribution is -2.30. The van der Waals surface area contributed by atoms with Crippen LogP contribution in [0.2, 0.25) is 0 Å². The molecule has 5 nitrogen and oxygen atoms in total. The Balaban J connectivity index is 1.92. The number of carbonyl (C=O) groups is 2. The summed E-state index contributed by atoms with van der Waals surface area (Å²) in [4.78, 5) is 22.8. The van der Waals surface area contributed by atoms with Crippen LogP contribution in [0.5, 0.6) is 0 Å². The Morgan fingerprint density at radius 1 is 1.38 bits per heavy atom. The molecule has 1 N–H and O–H groups in total. The van der Waals surface area contributed by atoms with Crippen LogP contribution < -0.4 is 5.32 Å². The Morgan fingerprint density at radius 3 is 2.86 bits per heavy atom. The van der Waals surface area contributed by atoms with Crippen molar-refractivity contribution in [3.63, 3.8) is 0 Å². The predicted molar refractivity (Wildman–Crippen MR) is 78.5 cm³/mol. The van der Waals surface area contributed by atoms with Crippen molar-refractivity contribution in [1.82, 2.24) is 5.32 Å². The van der Waals surface area contributed by atoms with Crippen LogP contribution in [-0.2, 0) is 14.3 Å². The average molecular weight is 287 g/mol. The average Bonchev–Trinajstić information content (AvgIpc) is 2.89. The molecule has 1 amide bonds. The van der Waals surface area contributed by atoms with E-state index in [-0.39, 0.29) is 18.6 Å². The lowest BCUT2D eigenvalue weighted by Gasteiger charge is -2.11. The molecule has 1 atom stereocenters. The monoisotopic (exact) mass is 287 g/mol. The van der Waals surface area contributed by atoms with E-state index in [1.165, 1.54) is 6.08 Å². The SMILES string of the molecule is C/C=C/C(=O)OCC(=O)N[C@H](C)c1cc2ccccc2o1. The van der Waals surface area contributed by atoms with Gasteiger partial charge < -0.3 is 14.5 Å². The maximum Gasteiger partial charge on any atom is 0.330 e. The van der Waals surface area contributed by atoms with Gasteiger partial charge in [0.1, 0.15) is 11.3 Å². The highest BCUT2D eigenvalue weighted by Gasteiger charge is 2.14. The van der Waals surface area contributed by atoms with E-state index in [0.29, 0.717) is 5.76 Å². The summed E-state index contributed by atoms with van der Waals surface area (Å²) >= 11 is 0. The zero-order valence-electron chi connectivity index (χ0n) is 12.0. The minimum atomic E-state index is -0.538. The molecule has 0 radical (unpaired) electrons. The summed E-state index contributed by atoms with van der Waals surface area (Å²) in [5.41, 5.74) is 0.771. The first-order valence-corrected chi connectivity index (χ1v) is 6.67. The van der Waals surface area contributed by atoms with Crippen LogP contribution in [0.1, 0.15) is 25.6 Å². The predicted octanol–water partition coefficient (Wildman–Crippen LogP) is 2.73. The molecule has 21 heavy (non-hydrogen) atoms. The molecule has 0 fully saturated rings. The van der Waals surface area contributed by atoms with Crippen molar-refractivity contribution in [3.05, 3.63) is 48.2 Å². The van der Waals surface area contributed by atoms with Crippen molar-refractivity contribution in [2.75, 3.05) is 6.61 Å². The summed E-state index contributed by atoms with van der Waals surface area (Å²) in [7, 11) is 0. The first kappa shape index (κ1) is 14.8. The summed E-state index contributed by atoms with van der Waals surface area (Å²) in [6.45, 7) is 3.20. The van der Waals surface area contributed by atoms with Crippen LogP contribution in [0.15, 0.2) is 46.9 Å². The Labute approximate surface area is 122 Å². The van der Waals surface area contributed by atoms with E-state index >= 15 is 0 Å². The minimum Gasteiger partial charge on any atom is -0.459 e. The third-order valence-electron chi connectivity index (χ3n) is 2.90. The minimum absolute atomic E-state index is 0.301. The van der Waals surface area contributed by atoms with E-state index in [2.05, 4.69) is 5.32 Å². The van der Waals surface area contributed by atoms with Crippen molar-refractivity contribution in [2.45, 2.75) is 19.9 Å². The lowest BCUT2D eigenvalue weighted by atomic mass is 10.2. The number of nitrogens with one attached hydrogen (secondary N) is 1. The van der Waals surface area contributed by atoms with Gasteiger partial charge in [0, 0.05) is 11.5 Å². The molecule has 0 saturated heterocycles. The van der Waals surface area contributed by atoms with Gasteiger partial charge in [-0.2, -0.15) is 0 Å². The van der Waals surface area contributed by atoms with Crippen LogP contribution in [0.25, 0.3) is 11.0 Å². The Kier molecular flexibility index (Phi) is 4.77. The fraction of sp³-hybridized carbons (Fsp3) is 0.250. The number of furan rings is 1. The quantitative estimate of drug-likeness (QED) is 0.678. The number of rotatable bonds is 5. The second kappa shape index (κ2) is 6.74. The molecule has 5 heteroatoms. The molecule has 0 saturated carbocycles. The van der Waals surface area contributed by atoms with E-state index in [9.17, 15) is 9.59 Å². The Morgan fingerprint density at radius 2 is 2.14 bits per heavy atom. The molecule has 2 rings (SSSR count). The van der Waals surface area contributed by atoms with Gasteiger partial charge in [-0.05, 0) is 26.0 Å². The zero-order valence-corrected chi connectivity index (χ0v) is 12.0. The molecule has 2 aromatic rings. The first-order chi connectivity index (χ1) is 10.1. The van der Waals surface area contributed by atoms with Crippen molar-refractivity contribution >= 4 is 22.8 Å². The van der Waals surface area contributed by atoms with E-state index in [4.69, 9.17) is 9.15 Å². The fourth-order valence-electron chi connectivity index (χ4n) is 1.89. The second-order valence-corrected chi connectivity index (χ2v) is 4.58. The molecule has 0 spiro atoms. The van der Waals surface area contributed by atoms with Crippen LogP contribution in [0.4, 0.5) is 0 Å². The molecule has 1 aromatic carbocycles. The van der Waals surface area contributed by atoms with E-state index < -0.39 is 5.97 Å². The summed E-state index contributed by atoms with van der Waals surface area (Å²) in [5.74, 6) is -0.255. The van der Waals surface area contributed by atoms with Crippen molar-refractivity contribution in [3.8, 4) is 0 Å². The van der Waals surface area contributed by atoms with Crippen molar-refractivity contribution < 1.29 is 18.7 Å². The number of benzene rings is 1. The largest absolute Gasteiger partial charge is 0.459 e. The van der Waals surface area contributed by atoms with Gasteiger partial charge in [-0.3, -0.25) is 4.79 Å². The molecule has 0 aliphatic rings. The highest BCUT2D eigenvalue weighted by Crippen LogP contribution is 2.23. The molecular weight excluding hydrogens is 270 g/mol. The normalized spacial score (nSPS) is 12.5. The van der Waals surface area contributed by atoms with Gasteiger partial charge >= 0.3 is 5.97 Å². The second-order valence-electron chi connectivity index (χ2n) is 4.58. The summed E-state index contributed by atoms with van der Waals surface area (Å²) in [6, 6.07) is 9.20. The third-order valence-corrected chi connectivity index (χ3v) is 2.90. The molecular formula is C16H17NO4. The Hall–Kier alpha value is -2.56. The number of allylic oxidation sites excluding steroid dienone is 1. The Bertz CT molecular complexity index is 639. The van der Waals surface area contributed by atoms with Crippen LogP contribution >= 0.6 is 0 Å². The first-order valence-electron chi connectivity index (χ1n) is 6.67. The van der Waals surface area contributed by atoms with E-state index in [1.54, 1.807) is 13.0 Å². The standard InChI is InChI=1S/C16H17NO4/c1-3-6-16(19)20-10-15(18)17-11(2)14-9-12-7-4-5-8-13(12)21-14/h3-9,11H,10H2,1-2H3,(H,17,18)/b6-3+/t11-/m1/s1. The van der Waals surface area contributed by atoms with E-state index in [0.717, 1.165) is 11.0 Å². The number of hydrogen-bond acceptors (Lipinski definition) is 4. The van der Waals surface area contributed by atoms with Gasteiger partial charge in [-0.1, -0.05) is 24.3 Å². The van der Waals surface area contributed by atoms with E-state index in [1.807, 2.05) is 37.3 Å². The fourth-order valence-corrected chi connectivity index (χ4v) is 1.89. The lowest BCUT2D eigenvalue weighted by molar-refractivity contribution is -0.144. The molecule has 0 unspecified atom stereocenters. The number of ether oxygens (including phenoxy) is 1. The molecule has 0 aliphatic heterocycles. The maximum atomic E-state index is 11.7. The molecule has 0 bridgehead atoms. The molecule has 1 heterocycles. The number of amides is 1. The van der Waals surface area contributed by atoms with Crippen molar-refractivity contribution in [1.29, 1.82) is 0 Å². The highest BCUT2D eigenvalue weighted by atomic mass is 16.5. The number of esters is 1. The summed E-state index contributed by atoms with van der Waals surface area (Å²) in [5, 5.41) is 3.70. The topological polar surface area (TPSA) is 68.5 Å².